The van der Waals surface area contributed by atoms with Crippen molar-refractivity contribution in [3.05, 3.63) is 0 Å². The summed E-state index contributed by atoms with van der Waals surface area (Å²) in [6.07, 6.45) is 0.565. The molecular formula is C18H36N2O6Si. The highest BCUT2D eigenvalue weighted by Gasteiger charge is 2.41. The summed E-state index contributed by atoms with van der Waals surface area (Å²) in [4.78, 5) is 35.7. The smallest absolute Gasteiger partial charge is 0.407 e. The average molecular weight is 405 g/mol. The fraction of sp³-hybridized carbons (Fsp3) is 0.833. The van der Waals surface area contributed by atoms with Crippen LogP contribution in [-0.4, -0.2) is 52.3 Å². The van der Waals surface area contributed by atoms with E-state index in [2.05, 4.69) is 10.6 Å². The van der Waals surface area contributed by atoms with Gasteiger partial charge in [0.2, 0.25) is 0 Å². The van der Waals surface area contributed by atoms with Gasteiger partial charge in [0, 0.05) is 6.54 Å². The minimum absolute atomic E-state index is 0.124. The molecule has 0 fully saturated rings. The lowest BCUT2D eigenvalue weighted by molar-refractivity contribution is -0.138. The van der Waals surface area contributed by atoms with E-state index in [1.807, 2.05) is 33.9 Å². The van der Waals surface area contributed by atoms with Crippen molar-refractivity contribution in [3.8, 4) is 0 Å². The molecule has 0 aliphatic carbocycles. The molecule has 0 aromatic rings. The first kappa shape index (κ1) is 25.2. The summed E-state index contributed by atoms with van der Waals surface area (Å²) in [5, 5.41) is 5.09. The number of rotatable bonds is 10. The summed E-state index contributed by atoms with van der Waals surface area (Å²) in [5.41, 5.74) is 0. The first-order valence-corrected chi connectivity index (χ1v) is 12.4. The van der Waals surface area contributed by atoms with Crippen LogP contribution in [0.1, 0.15) is 53.9 Å². The van der Waals surface area contributed by atoms with E-state index in [-0.39, 0.29) is 11.6 Å². The molecule has 2 N–H and O–H groups in total. The van der Waals surface area contributed by atoms with Crippen molar-refractivity contribution in [1.82, 2.24) is 10.6 Å². The summed E-state index contributed by atoms with van der Waals surface area (Å²) in [6, 6.07) is -0.777. The van der Waals surface area contributed by atoms with Gasteiger partial charge in [0.15, 0.2) is 0 Å². The summed E-state index contributed by atoms with van der Waals surface area (Å²) >= 11 is 0. The molecule has 0 radical (unpaired) electrons. The van der Waals surface area contributed by atoms with Crippen LogP contribution in [0.25, 0.3) is 0 Å². The van der Waals surface area contributed by atoms with Crippen LogP contribution in [0.15, 0.2) is 0 Å². The van der Waals surface area contributed by atoms with E-state index in [1.165, 1.54) is 0 Å². The van der Waals surface area contributed by atoms with E-state index in [4.69, 9.17) is 13.9 Å². The predicted molar refractivity (Wildman–Crippen MR) is 106 cm³/mol. The molecule has 0 aliphatic rings. The summed E-state index contributed by atoms with van der Waals surface area (Å²) in [6.45, 7) is 14.5. The van der Waals surface area contributed by atoms with Gasteiger partial charge in [-0.05, 0) is 51.2 Å². The van der Waals surface area contributed by atoms with Gasteiger partial charge in [-0.25, -0.2) is 9.59 Å². The third-order valence-corrected chi connectivity index (χ3v) is 8.80. The molecular weight excluding hydrogens is 368 g/mol. The highest BCUT2D eigenvalue weighted by atomic mass is 28.4. The fourth-order valence-corrected chi connectivity index (χ4v) is 2.84. The zero-order chi connectivity index (χ0) is 21.1. The van der Waals surface area contributed by atoms with Crippen molar-refractivity contribution < 1.29 is 28.3 Å². The largest absolute Gasteiger partial charge is 0.518 e. The van der Waals surface area contributed by atoms with Crippen LogP contribution in [-0.2, 0) is 18.7 Å². The lowest BCUT2D eigenvalue weighted by atomic mass is 10.1. The summed E-state index contributed by atoms with van der Waals surface area (Å²) in [5.74, 6) is -0.437. The van der Waals surface area contributed by atoms with E-state index in [9.17, 15) is 14.4 Å². The molecule has 1 atom stereocenters. The first-order chi connectivity index (χ1) is 12.4. The number of carbonyl (C=O) groups is 3. The third-order valence-electron chi connectivity index (χ3n) is 4.48. The molecule has 0 bridgehead atoms. The van der Waals surface area contributed by atoms with Crippen molar-refractivity contribution >= 4 is 26.5 Å². The molecule has 0 saturated heterocycles. The molecule has 0 saturated carbocycles. The second-order valence-electron chi connectivity index (χ2n) is 7.74. The first-order valence-electron chi connectivity index (χ1n) is 9.51. The van der Waals surface area contributed by atoms with Gasteiger partial charge in [-0.2, -0.15) is 0 Å². The molecule has 0 rings (SSSR count). The SMILES string of the molecule is CCOC(=O)NCCCCC(NC(=O)OCC)C(=O)O[Si](C)(C)C(C)(C)C. The van der Waals surface area contributed by atoms with Crippen LogP contribution in [0.2, 0.25) is 18.1 Å². The van der Waals surface area contributed by atoms with Gasteiger partial charge in [0.25, 0.3) is 8.32 Å². The van der Waals surface area contributed by atoms with Crippen LogP contribution in [0.4, 0.5) is 9.59 Å². The van der Waals surface area contributed by atoms with Crippen molar-refractivity contribution in [2.75, 3.05) is 19.8 Å². The van der Waals surface area contributed by atoms with Crippen molar-refractivity contribution in [2.45, 2.75) is 78.1 Å². The highest BCUT2D eigenvalue weighted by Crippen LogP contribution is 2.36. The lowest BCUT2D eigenvalue weighted by Gasteiger charge is -2.36. The van der Waals surface area contributed by atoms with Crippen LogP contribution in [0.5, 0.6) is 0 Å². The Kier molecular flexibility index (Phi) is 11.1. The Balaban J connectivity index is 4.71. The molecule has 0 aromatic carbocycles. The summed E-state index contributed by atoms with van der Waals surface area (Å²) in [7, 11) is -2.29. The zero-order valence-corrected chi connectivity index (χ0v) is 18.8. The van der Waals surface area contributed by atoms with Gasteiger partial charge in [-0.15, -0.1) is 0 Å². The maximum Gasteiger partial charge on any atom is 0.407 e. The van der Waals surface area contributed by atoms with E-state index in [0.717, 1.165) is 0 Å². The Hall–Kier alpha value is -1.77. The third kappa shape index (κ3) is 10.2. The number of unbranched alkanes of at least 4 members (excludes halogenated alkanes) is 1. The predicted octanol–water partition coefficient (Wildman–Crippen LogP) is 3.57. The van der Waals surface area contributed by atoms with E-state index < -0.39 is 32.5 Å². The Morgan fingerprint density at radius 1 is 0.963 bits per heavy atom. The van der Waals surface area contributed by atoms with Crippen LogP contribution >= 0.6 is 0 Å². The Morgan fingerprint density at radius 3 is 2.04 bits per heavy atom. The Bertz CT molecular complexity index is 491. The van der Waals surface area contributed by atoms with Crippen molar-refractivity contribution in [3.63, 3.8) is 0 Å². The second kappa shape index (κ2) is 11.8. The molecule has 8 nitrogen and oxygen atoms in total. The lowest BCUT2D eigenvalue weighted by Crippen LogP contribution is -2.49. The number of ether oxygens (including phenoxy) is 2. The number of amides is 2. The van der Waals surface area contributed by atoms with Gasteiger partial charge in [0.05, 0.1) is 13.2 Å². The number of hydrogen-bond acceptors (Lipinski definition) is 6. The van der Waals surface area contributed by atoms with Crippen LogP contribution < -0.4 is 10.6 Å². The molecule has 0 aliphatic heterocycles. The molecule has 158 valence electrons. The van der Waals surface area contributed by atoms with E-state index >= 15 is 0 Å². The number of hydrogen-bond donors (Lipinski definition) is 2. The minimum Gasteiger partial charge on any atom is -0.518 e. The van der Waals surface area contributed by atoms with Gasteiger partial charge in [-0.3, -0.25) is 4.79 Å². The van der Waals surface area contributed by atoms with E-state index in [1.54, 1.807) is 13.8 Å². The number of nitrogens with one attached hydrogen (secondary N) is 2. The molecule has 9 heteroatoms. The van der Waals surface area contributed by atoms with Crippen LogP contribution in [0, 0.1) is 0 Å². The van der Waals surface area contributed by atoms with Gasteiger partial charge in [0.1, 0.15) is 6.04 Å². The van der Waals surface area contributed by atoms with Gasteiger partial charge >= 0.3 is 18.2 Å². The number of alkyl carbamates (subject to hydrolysis) is 2. The molecule has 0 heterocycles. The normalized spacial score (nSPS) is 12.7. The zero-order valence-electron chi connectivity index (χ0n) is 17.8. The van der Waals surface area contributed by atoms with Crippen molar-refractivity contribution in [1.29, 1.82) is 0 Å². The molecule has 27 heavy (non-hydrogen) atoms. The minimum atomic E-state index is -2.29. The fourth-order valence-electron chi connectivity index (χ4n) is 1.89. The Labute approximate surface area is 163 Å². The maximum absolute atomic E-state index is 12.7. The van der Waals surface area contributed by atoms with Gasteiger partial charge < -0.3 is 24.5 Å². The van der Waals surface area contributed by atoms with Crippen molar-refractivity contribution in [2.24, 2.45) is 0 Å². The standard InChI is InChI=1S/C18H36N2O6Si/c1-8-24-16(22)19-13-11-10-12-14(20-17(23)25-9-2)15(21)26-27(6,7)18(3,4)5/h14H,8-13H2,1-7H3,(H,19,22)(H,20,23). The quantitative estimate of drug-likeness (QED) is 0.426. The second-order valence-corrected chi connectivity index (χ2v) is 12.5. The van der Waals surface area contributed by atoms with E-state index in [0.29, 0.717) is 32.4 Å². The molecule has 2 amide bonds. The summed E-state index contributed by atoms with van der Waals surface area (Å²) < 4.78 is 15.5. The maximum atomic E-state index is 12.7. The molecule has 0 spiro atoms. The molecule has 1 unspecified atom stereocenters. The Morgan fingerprint density at radius 2 is 1.52 bits per heavy atom. The monoisotopic (exact) mass is 404 g/mol. The average Bonchev–Trinajstić information content (AvgIpc) is 2.52. The van der Waals surface area contributed by atoms with Gasteiger partial charge in [-0.1, -0.05) is 20.8 Å². The molecule has 0 aromatic heterocycles. The van der Waals surface area contributed by atoms with Crippen LogP contribution in [0.3, 0.4) is 0 Å². The topological polar surface area (TPSA) is 103 Å². The highest BCUT2D eigenvalue weighted by molar-refractivity contribution is 6.75. The number of carbonyl (C=O) groups excluding carboxylic acids is 3.